The molecule has 26 heavy (non-hydrogen) atoms. The van der Waals surface area contributed by atoms with Gasteiger partial charge in [-0.05, 0) is 23.1 Å². The summed E-state index contributed by atoms with van der Waals surface area (Å²) in [7, 11) is 0. The van der Waals surface area contributed by atoms with Gasteiger partial charge in [-0.2, -0.15) is 0 Å². The molecule has 0 saturated carbocycles. The topological polar surface area (TPSA) is 34.9 Å². The number of rotatable bonds is 4. The van der Waals surface area contributed by atoms with Crippen molar-refractivity contribution in [2.24, 2.45) is 0 Å². The summed E-state index contributed by atoms with van der Waals surface area (Å²) in [5.41, 5.74) is 1.18. The zero-order valence-electron chi connectivity index (χ0n) is 13.6. The Morgan fingerprint density at radius 3 is 2.77 bits per heavy atom. The van der Waals surface area contributed by atoms with Gasteiger partial charge in [-0.25, -0.2) is 9.37 Å². The maximum Gasteiger partial charge on any atom is 0.263 e. The minimum Gasteiger partial charge on any atom is -0.284 e. The van der Waals surface area contributed by atoms with Gasteiger partial charge in [-0.15, -0.1) is 29.1 Å². The molecule has 3 heterocycles. The fraction of sp³-hybridized carbons (Fsp3) is 0.100. The molecule has 0 fully saturated rings. The molecule has 0 atom stereocenters. The SMILES string of the molecule is C#CCn1c(Cc2ccccc2F)nc2scc(-c3cccs3)c2c1=O. The van der Waals surface area contributed by atoms with E-state index in [1.54, 1.807) is 29.5 Å². The predicted octanol–water partition coefficient (Wildman–Crippen LogP) is 4.55. The molecule has 0 saturated heterocycles. The molecule has 0 amide bonds. The Balaban J connectivity index is 1.92. The van der Waals surface area contributed by atoms with E-state index in [0.29, 0.717) is 21.6 Å². The zero-order valence-corrected chi connectivity index (χ0v) is 15.2. The van der Waals surface area contributed by atoms with Gasteiger partial charge in [-0.1, -0.05) is 30.2 Å². The molecule has 0 unspecified atom stereocenters. The molecule has 0 aliphatic rings. The van der Waals surface area contributed by atoms with Gasteiger partial charge >= 0.3 is 0 Å². The molecular weight excluding hydrogens is 367 g/mol. The second-order valence-corrected chi connectivity index (χ2v) is 7.50. The first-order chi connectivity index (χ1) is 12.7. The van der Waals surface area contributed by atoms with Crippen LogP contribution in [-0.4, -0.2) is 9.55 Å². The Bertz CT molecular complexity index is 1180. The Morgan fingerprint density at radius 2 is 2.04 bits per heavy atom. The molecule has 3 aromatic heterocycles. The van der Waals surface area contributed by atoms with E-state index in [1.165, 1.54) is 22.0 Å². The van der Waals surface area contributed by atoms with Crippen molar-refractivity contribution >= 4 is 32.9 Å². The van der Waals surface area contributed by atoms with Crippen molar-refractivity contribution in [1.29, 1.82) is 0 Å². The average Bonchev–Trinajstić information content (AvgIpc) is 3.29. The number of aromatic nitrogens is 2. The van der Waals surface area contributed by atoms with Crippen LogP contribution in [0.1, 0.15) is 11.4 Å². The Morgan fingerprint density at radius 1 is 1.19 bits per heavy atom. The van der Waals surface area contributed by atoms with Crippen LogP contribution in [0.4, 0.5) is 4.39 Å². The maximum atomic E-state index is 14.0. The van der Waals surface area contributed by atoms with Crippen LogP contribution in [0.3, 0.4) is 0 Å². The molecule has 128 valence electrons. The van der Waals surface area contributed by atoms with Crippen molar-refractivity contribution in [2.75, 3.05) is 0 Å². The van der Waals surface area contributed by atoms with Crippen molar-refractivity contribution in [2.45, 2.75) is 13.0 Å². The van der Waals surface area contributed by atoms with Crippen LogP contribution in [0, 0.1) is 18.2 Å². The van der Waals surface area contributed by atoms with Crippen LogP contribution in [0.5, 0.6) is 0 Å². The van der Waals surface area contributed by atoms with E-state index in [1.807, 2.05) is 22.9 Å². The van der Waals surface area contributed by atoms with Crippen molar-refractivity contribution in [3.8, 4) is 22.8 Å². The molecule has 0 N–H and O–H groups in total. The molecule has 0 spiro atoms. The first-order valence-corrected chi connectivity index (χ1v) is 9.66. The summed E-state index contributed by atoms with van der Waals surface area (Å²) in [6.07, 6.45) is 5.68. The Kier molecular flexibility index (Phi) is 4.41. The van der Waals surface area contributed by atoms with Crippen LogP contribution >= 0.6 is 22.7 Å². The Labute approximate surface area is 157 Å². The van der Waals surface area contributed by atoms with E-state index in [-0.39, 0.29) is 24.3 Å². The maximum absolute atomic E-state index is 14.0. The number of hydrogen-bond donors (Lipinski definition) is 0. The number of benzene rings is 1. The summed E-state index contributed by atoms with van der Waals surface area (Å²) in [5.74, 6) is 2.67. The first kappa shape index (κ1) is 16.7. The van der Waals surface area contributed by atoms with Crippen LogP contribution in [0.25, 0.3) is 20.7 Å². The van der Waals surface area contributed by atoms with Gasteiger partial charge in [0.1, 0.15) is 16.5 Å². The zero-order chi connectivity index (χ0) is 18.1. The van der Waals surface area contributed by atoms with Gasteiger partial charge in [0.2, 0.25) is 0 Å². The standard InChI is InChI=1S/C20H13FN2OS2/c1-2-9-23-17(11-13-6-3-4-7-15(13)21)22-19-18(20(23)24)14(12-26-19)16-8-5-10-25-16/h1,3-8,10,12H,9,11H2. The highest BCUT2D eigenvalue weighted by atomic mass is 32.1. The quantitative estimate of drug-likeness (QED) is 0.487. The number of terminal acetylenes is 1. The lowest BCUT2D eigenvalue weighted by Gasteiger charge is -2.11. The minimum atomic E-state index is -0.320. The lowest BCUT2D eigenvalue weighted by atomic mass is 10.1. The fourth-order valence-electron chi connectivity index (χ4n) is 2.88. The monoisotopic (exact) mass is 380 g/mol. The molecule has 0 bridgehead atoms. The van der Waals surface area contributed by atoms with E-state index < -0.39 is 0 Å². The molecule has 1 aromatic carbocycles. The van der Waals surface area contributed by atoms with E-state index >= 15 is 0 Å². The third-order valence-electron chi connectivity index (χ3n) is 4.12. The molecule has 0 radical (unpaired) electrons. The summed E-state index contributed by atoms with van der Waals surface area (Å²) < 4.78 is 15.5. The van der Waals surface area contributed by atoms with Gasteiger partial charge in [0.15, 0.2) is 0 Å². The number of thiophene rings is 2. The molecule has 0 aliphatic heterocycles. The number of halogens is 1. The molecule has 4 aromatic rings. The average molecular weight is 380 g/mol. The van der Waals surface area contributed by atoms with E-state index in [0.717, 1.165) is 10.4 Å². The third kappa shape index (κ3) is 2.85. The second kappa shape index (κ2) is 6.87. The van der Waals surface area contributed by atoms with Crippen LogP contribution in [-0.2, 0) is 13.0 Å². The summed E-state index contributed by atoms with van der Waals surface area (Å²) in [6, 6.07) is 10.4. The van der Waals surface area contributed by atoms with Crippen molar-refractivity contribution < 1.29 is 4.39 Å². The molecule has 6 heteroatoms. The first-order valence-electron chi connectivity index (χ1n) is 7.90. The van der Waals surface area contributed by atoms with Crippen molar-refractivity contribution in [3.05, 3.63) is 74.7 Å². The summed E-state index contributed by atoms with van der Waals surface area (Å²) in [4.78, 5) is 19.5. The van der Waals surface area contributed by atoms with Gasteiger partial charge in [-0.3, -0.25) is 9.36 Å². The number of nitrogens with zero attached hydrogens (tertiary/aromatic N) is 2. The highest BCUT2D eigenvalue weighted by molar-refractivity contribution is 7.18. The van der Waals surface area contributed by atoms with Crippen molar-refractivity contribution in [1.82, 2.24) is 9.55 Å². The highest BCUT2D eigenvalue weighted by Crippen LogP contribution is 2.33. The van der Waals surface area contributed by atoms with E-state index in [9.17, 15) is 9.18 Å². The fourth-order valence-corrected chi connectivity index (χ4v) is 4.65. The summed E-state index contributed by atoms with van der Waals surface area (Å²) in [6.45, 7) is 0.102. The van der Waals surface area contributed by atoms with Crippen molar-refractivity contribution in [3.63, 3.8) is 0 Å². The van der Waals surface area contributed by atoms with Crippen LogP contribution < -0.4 is 5.56 Å². The molecule has 3 nitrogen and oxygen atoms in total. The van der Waals surface area contributed by atoms with Gasteiger partial charge < -0.3 is 0 Å². The van der Waals surface area contributed by atoms with Crippen LogP contribution in [0.2, 0.25) is 0 Å². The van der Waals surface area contributed by atoms with E-state index in [2.05, 4.69) is 10.9 Å². The smallest absolute Gasteiger partial charge is 0.263 e. The third-order valence-corrected chi connectivity index (χ3v) is 5.89. The predicted molar refractivity (Wildman–Crippen MR) is 105 cm³/mol. The largest absolute Gasteiger partial charge is 0.284 e. The number of hydrogen-bond acceptors (Lipinski definition) is 4. The normalized spacial score (nSPS) is 10.9. The Hall–Kier alpha value is -2.75. The lowest BCUT2D eigenvalue weighted by molar-refractivity contribution is 0.607. The lowest BCUT2D eigenvalue weighted by Crippen LogP contribution is -2.25. The molecule has 4 rings (SSSR count). The number of fused-ring (bicyclic) bond motifs is 1. The second-order valence-electron chi connectivity index (χ2n) is 5.70. The summed E-state index contributed by atoms with van der Waals surface area (Å²) >= 11 is 2.99. The van der Waals surface area contributed by atoms with Crippen LogP contribution in [0.15, 0.2) is 52.0 Å². The highest BCUT2D eigenvalue weighted by Gasteiger charge is 2.18. The van der Waals surface area contributed by atoms with Gasteiger partial charge in [0.05, 0.1) is 11.9 Å². The molecule has 0 aliphatic carbocycles. The molecular formula is C20H13FN2OS2. The van der Waals surface area contributed by atoms with Gasteiger partial charge in [0, 0.05) is 22.2 Å². The minimum absolute atomic E-state index is 0.102. The summed E-state index contributed by atoms with van der Waals surface area (Å²) in [5, 5.41) is 4.49. The van der Waals surface area contributed by atoms with Gasteiger partial charge in [0.25, 0.3) is 5.56 Å². The van der Waals surface area contributed by atoms with E-state index in [4.69, 9.17) is 6.42 Å².